The predicted octanol–water partition coefficient (Wildman–Crippen LogP) is 3.71. The zero-order valence-corrected chi connectivity index (χ0v) is 18.5. The van der Waals surface area contributed by atoms with Crippen molar-refractivity contribution in [2.75, 3.05) is 13.1 Å². The maximum Gasteiger partial charge on any atom is 0.224 e. The van der Waals surface area contributed by atoms with Crippen molar-refractivity contribution >= 4 is 18.1 Å². The van der Waals surface area contributed by atoms with Crippen LogP contribution in [0.1, 0.15) is 61.2 Å². The van der Waals surface area contributed by atoms with Crippen molar-refractivity contribution < 1.29 is 4.79 Å². The second-order valence-electron chi connectivity index (χ2n) is 8.63. The number of nitrogens with zero attached hydrogens (tertiary/aromatic N) is 5. The van der Waals surface area contributed by atoms with Crippen molar-refractivity contribution in [1.29, 1.82) is 0 Å². The van der Waals surface area contributed by atoms with E-state index in [9.17, 15) is 4.79 Å². The Morgan fingerprint density at radius 1 is 1.06 bits per heavy atom. The molecule has 1 saturated heterocycles. The van der Waals surface area contributed by atoms with Crippen molar-refractivity contribution in [3.05, 3.63) is 46.2 Å². The lowest BCUT2D eigenvalue weighted by atomic mass is 9.96. The van der Waals surface area contributed by atoms with Gasteiger partial charge in [0, 0.05) is 43.5 Å². The molecule has 3 aromatic rings. The number of carbonyl (C=O) groups is 1. The number of benzene rings is 1. The van der Waals surface area contributed by atoms with E-state index in [1.807, 2.05) is 21.6 Å². The molecule has 8 nitrogen and oxygen atoms in total. The number of likely N-dealkylation sites (tertiary alicyclic amines) is 1. The molecule has 2 aromatic heterocycles. The molecule has 31 heavy (non-hydrogen) atoms. The smallest absolute Gasteiger partial charge is 0.224 e. The number of piperidine rings is 1. The summed E-state index contributed by atoms with van der Waals surface area (Å²) in [5.41, 5.74) is 2.18. The van der Waals surface area contributed by atoms with Crippen molar-refractivity contribution in [2.45, 2.75) is 57.4 Å². The van der Waals surface area contributed by atoms with Crippen molar-refractivity contribution in [2.24, 2.45) is 0 Å². The van der Waals surface area contributed by atoms with Gasteiger partial charge in [0.2, 0.25) is 5.91 Å². The highest BCUT2D eigenvalue weighted by Crippen LogP contribution is 2.38. The number of rotatable bonds is 6. The molecule has 1 aliphatic heterocycles. The largest absolute Gasteiger partial charge is 0.343 e. The minimum absolute atomic E-state index is 0.160. The van der Waals surface area contributed by atoms with Gasteiger partial charge in [0.05, 0.1) is 0 Å². The van der Waals surface area contributed by atoms with Crippen molar-refractivity contribution in [3.8, 4) is 11.4 Å². The van der Waals surface area contributed by atoms with E-state index in [-0.39, 0.29) is 5.91 Å². The molecular formula is C22H27N7OS. The molecule has 0 unspecified atom stereocenters. The lowest BCUT2D eigenvalue weighted by molar-refractivity contribution is -0.132. The molecule has 1 saturated carbocycles. The zero-order valence-electron chi connectivity index (χ0n) is 17.7. The lowest BCUT2D eigenvalue weighted by Gasteiger charge is -2.31. The highest BCUT2D eigenvalue weighted by Gasteiger charge is 2.30. The van der Waals surface area contributed by atoms with Crippen molar-refractivity contribution in [3.63, 3.8) is 0 Å². The molecule has 0 bridgehead atoms. The van der Waals surface area contributed by atoms with Crippen LogP contribution in [-0.2, 0) is 11.3 Å². The standard InChI is InChI=1S/C22H27N7OS/c1-14-2-4-17(5-3-14)21-26-27-22(31)29(21)13-10-18(30)28-11-8-16(9-12-28)20-23-19(24-25-20)15-6-7-15/h2-5,15-16H,6-13H2,1H3,(H,27,31)(H,23,24,25). The summed E-state index contributed by atoms with van der Waals surface area (Å²) in [5, 5.41) is 14.7. The summed E-state index contributed by atoms with van der Waals surface area (Å²) in [6.45, 7) is 4.08. The fourth-order valence-electron chi connectivity index (χ4n) is 4.21. The maximum atomic E-state index is 12.9. The first-order valence-corrected chi connectivity index (χ1v) is 11.4. The number of amides is 1. The van der Waals surface area contributed by atoms with Gasteiger partial charge in [0.1, 0.15) is 5.82 Å². The third-order valence-electron chi connectivity index (χ3n) is 6.31. The van der Waals surface area contributed by atoms with Crippen LogP contribution in [0.15, 0.2) is 24.3 Å². The van der Waals surface area contributed by atoms with Gasteiger partial charge in [-0.05, 0) is 44.8 Å². The van der Waals surface area contributed by atoms with Crippen LogP contribution in [0.3, 0.4) is 0 Å². The molecule has 2 N–H and O–H groups in total. The first-order chi connectivity index (χ1) is 15.1. The predicted molar refractivity (Wildman–Crippen MR) is 119 cm³/mol. The summed E-state index contributed by atoms with van der Waals surface area (Å²) < 4.78 is 2.46. The summed E-state index contributed by atoms with van der Waals surface area (Å²) in [6, 6.07) is 8.16. The van der Waals surface area contributed by atoms with Crippen LogP contribution in [0.2, 0.25) is 0 Å². The molecule has 0 spiro atoms. The van der Waals surface area contributed by atoms with Crippen LogP contribution >= 0.6 is 12.2 Å². The summed E-state index contributed by atoms with van der Waals surface area (Å²) in [4.78, 5) is 19.5. The first kappa shape index (κ1) is 20.1. The number of H-pyrrole nitrogens is 2. The molecule has 3 heterocycles. The Bertz CT molecular complexity index is 1120. The first-order valence-electron chi connectivity index (χ1n) is 11.0. The molecule has 9 heteroatoms. The van der Waals surface area contributed by atoms with Gasteiger partial charge < -0.3 is 4.90 Å². The molecule has 162 valence electrons. The Balaban J connectivity index is 1.18. The van der Waals surface area contributed by atoms with Gasteiger partial charge >= 0.3 is 0 Å². The fraction of sp³-hybridized carbons (Fsp3) is 0.500. The Hall–Kier alpha value is -2.81. The fourth-order valence-corrected chi connectivity index (χ4v) is 4.43. The number of carbonyl (C=O) groups excluding carboxylic acids is 1. The molecule has 1 amide bonds. The molecule has 2 fully saturated rings. The number of aromatic nitrogens is 6. The molecule has 1 aliphatic carbocycles. The average molecular weight is 438 g/mol. The van der Waals surface area contributed by atoms with Crippen LogP contribution in [-0.4, -0.2) is 53.8 Å². The van der Waals surface area contributed by atoms with E-state index in [0.717, 1.165) is 49.0 Å². The monoisotopic (exact) mass is 437 g/mol. The second-order valence-corrected chi connectivity index (χ2v) is 9.01. The van der Waals surface area contributed by atoms with E-state index >= 15 is 0 Å². The van der Waals surface area contributed by atoms with Crippen LogP contribution in [0.25, 0.3) is 11.4 Å². The van der Waals surface area contributed by atoms with Gasteiger partial charge in [-0.2, -0.15) is 10.2 Å². The Labute approximate surface area is 186 Å². The van der Waals surface area contributed by atoms with E-state index < -0.39 is 0 Å². The van der Waals surface area contributed by atoms with E-state index in [1.54, 1.807) is 0 Å². The van der Waals surface area contributed by atoms with Crippen LogP contribution < -0.4 is 0 Å². The molecule has 1 aromatic carbocycles. The second kappa shape index (κ2) is 8.37. The Morgan fingerprint density at radius 3 is 2.52 bits per heavy atom. The number of hydrogen-bond acceptors (Lipinski definition) is 5. The van der Waals surface area contributed by atoms with Crippen molar-refractivity contribution in [1.82, 2.24) is 34.8 Å². The van der Waals surface area contributed by atoms with Gasteiger partial charge in [0.15, 0.2) is 16.4 Å². The summed E-state index contributed by atoms with van der Waals surface area (Å²) in [6.07, 6.45) is 4.66. The quantitative estimate of drug-likeness (QED) is 0.573. The Kier molecular flexibility index (Phi) is 5.43. The number of aryl methyl sites for hydroxylation is 1. The molecular weight excluding hydrogens is 410 g/mol. The molecule has 2 aliphatic rings. The van der Waals surface area contributed by atoms with Gasteiger partial charge in [-0.15, -0.1) is 0 Å². The summed E-state index contributed by atoms with van der Waals surface area (Å²) in [7, 11) is 0. The Morgan fingerprint density at radius 2 is 1.81 bits per heavy atom. The summed E-state index contributed by atoms with van der Waals surface area (Å²) in [5.74, 6) is 3.81. The van der Waals surface area contributed by atoms with Gasteiger partial charge in [-0.25, -0.2) is 4.98 Å². The third-order valence-corrected chi connectivity index (χ3v) is 6.63. The zero-order chi connectivity index (χ0) is 21.4. The van der Waals surface area contributed by atoms with E-state index in [0.29, 0.717) is 29.6 Å². The van der Waals surface area contributed by atoms with Crippen LogP contribution in [0.4, 0.5) is 0 Å². The highest BCUT2D eigenvalue weighted by molar-refractivity contribution is 7.71. The van der Waals surface area contributed by atoms with E-state index in [2.05, 4.69) is 39.5 Å². The average Bonchev–Trinajstić information content (AvgIpc) is 3.41. The number of nitrogens with one attached hydrogen (secondary N) is 2. The van der Waals surface area contributed by atoms with Crippen LogP contribution in [0.5, 0.6) is 0 Å². The maximum absolute atomic E-state index is 12.9. The number of hydrogen-bond donors (Lipinski definition) is 2. The normalized spacial score (nSPS) is 17.3. The third kappa shape index (κ3) is 4.32. The molecule has 0 radical (unpaired) electrons. The van der Waals surface area contributed by atoms with E-state index in [4.69, 9.17) is 17.2 Å². The lowest BCUT2D eigenvalue weighted by Crippen LogP contribution is -2.38. The van der Waals surface area contributed by atoms with Gasteiger partial charge in [-0.1, -0.05) is 29.8 Å². The number of aromatic amines is 2. The topological polar surface area (TPSA) is 95.5 Å². The molecule has 0 atom stereocenters. The molecule has 5 rings (SSSR count). The minimum atomic E-state index is 0.160. The summed E-state index contributed by atoms with van der Waals surface area (Å²) >= 11 is 5.40. The van der Waals surface area contributed by atoms with Gasteiger partial charge in [-0.3, -0.25) is 19.6 Å². The van der Waals surface area contributed by atoms with Gasteiger partial charge in [0.25, 0.3) is 0 Å². The minimum Gasteiger partial charge on any atom is -0.343 e. The highest BCUT2D eigenvalue weighted by atomic mass is 32.1. The van der Waals surface area contributed by atoms with E-state index in [1.165, 1.54) is 18.4 Å². The van der Waals surface area contributed by atoms with Crippen LogP contribution in [0, 0.1) is 11.7 Å². The SMILES string of the molecule is Cc1ccc(-c2n[nH]c(=S)n2CCC(=O)N2CCC(c3nc(C4CC4)n[nH]3)CC2)cc1.